The first kappa shape index (κ1) is 34.3. The Morgan fingerprint density at radius 1 is 0.435 bits per heavy atom. The fourth-order valence-electron chi connectivity index (χ4n) is 3.55. The molecular weight excluding hydrogens is 635 g/mol. The first-order valence-corrected chi connectivity index (χ1v) is 13.1. The molecule has 13 heteroatoms. The molecule has 0 bridgehead atoms. The molecule has 1 N–H and O–H groups in total. The van der Waals surface area contributed by atoms with E-state index in [1.807, 2.05) is 30.3 Å². The Bertz CT molecular complexity index is 1630. The van der Waals surface area contributed by atoms with Crippen molar-refractivity contribution in [3.63, 3.8) is 0 Å². The van der Waals surface area contributed by atoms with E-state index in [4.69, 9.17) is 5.11 Å². The van der Waals surface area contributed by atoms with Crippen LogP contribution >= 0.6 is 0 Å². The second kappa shape index (κ2) is 17.2. The van der Waals surface area contributed by atoms with E-state index >= 15 is 0 Å². The van der Waals surface area contributed by atoms with Crippen LogP contribution in [0.3, 0.4) is 0 Å². The quantitative estimate of drug-likeness (QED) is 0.276. The molecule has 0 aliphatic carbocycles. The molecule has 0 amide bonds. The molecule has 0 unspecified atom stereocenters. The van der Waals surface area contributed by atoms with E-state index in [9.17, 15) is 24.6 Å². The van der Waals surface area contributed by atoms with Crippen molar-refractivity contribution in [2.45, 2.75) is 0 Å². The molecule has 6 aromatic rings. The molecule has 6 rings (SSSR count). The Morgan fingerprint density at radius 2 is 0.739 bits per heavy atom. The summed E-state index contributed by atoms with van der Waals surface area (Å²) >= 11 is 0. The molecule has 0 fully saturated rings. The van der Waals surface area contributed by atoms with E-state index in [1.54, 1.807) is 61.1 Å². The summed E-state index contributed by atoms with van der Waals surface area (Å²) < 4.78 is 0. The Morgan fingerprint density at radius 3 is 0.957 bits per heavy atom. The van der Waals surface area contributed by atoms with Crippen LogP contribution in [0.1, 0.15) is 31.1 Å². The van der Waals surface area contributed by atoms with Gasteiger partial charge in [0.25, 0.3) is 0 Å². The standard InChI is InChI=1S/3C11H8N2O2.Co/c3*14-11(15)8-4-5-10(13-7-8)9-3-1-2-6-12-9;/h3*1-7H,(H,14,15);/q;;;+2/p-2. The number of hydrogen-bond acceptors (Lipinski definition) is 11. The van der Waals surface area contributed by atoms with Crippen LogP contribution < -0.4 is 10.2 Å². The SMILES string of the molecule is O=C(O)c1ccc(-c2ccccn2)nc1.O=C([O-])c1ccc(-c2ccccn2)nc1.O=C([O-])c1ccc(-c2ccccn2)nc1.[Co+2]. The van der Waals surface area contributed by atoms with Crippen LogP contribution in [0.25, 0.3) is 34.2 Å². The third-order valence-corrected chi connectivity index (χ3v) is 5.79. The van der Waals surface area contributed by atoms with Gasteiger partial charge in [-0.2, -0.15) is 0 Å². The van der Waals surface area contributed by atoms with Crippen LogP contribution in [0, 0.1) is 0 Å². The summed E-state index contributed by atoms with van der Waals surface area (Å²) in [6.45, 7) is 0. The van der Waals surface area contributed by atoms with Gasteiger partial charge in [-0.25, -0.2) is 4.79 Å². The summed E-state index contributed by atoms with van der Waals surface area (Å²) in [5.41, 5.74) is 4.40. The number of rotatable bonds is 6. The topological polar surface area (TPSA) is 195 Å². The number of hydrogen-bond donors (Lipinski definition) is 1. The van der Waals surface area contributed by atoms with Crippen molar-refractivity contribution in [2.75, 3.05) is 0 Å². The molecular formula is C33H22CoN6O6. The molecule has 12 nitrogen and oxygen atoms in total. The molecule has 0 aromatic carbocycles. The summed E-state index contributed by atoms with van der Waals surface area (Å²) in [6.07, 6.45) is 8.83. The van der Waals surface area contributed by atoms with Gasteiger partial charge in [-0.05, 0) is 72.8 Å². The molecule has 0 aliphatic rings. The molecule has 0 atom stereocenters. The number of carbonyl (C=O) groups excluding carboxylic acids is 2. The van der Waals surface area contributed by atoms with Gasteiger partial charge in [0.15, 0.2) is 0 Å². The van der Waals surface area contributed by atoms with E-state index < -0.39 is 17.9 Å². The van der Waals surface area contributed by atoms with Crippen LogP contribution in [0.2, 0.25) is 0 Å². The molecule has 229 valence electrons. The predicted octanol–water partition coefficient (Wildman–Crippen LogP) is 2.85. The maximum absolute atomic E-state index is 10.6. The number of carbonyl (C=O) groups is 3. The molecule has 0 saturated carbocycles. The van der Waals surface area contributed by atoms with E-state index in [0.29, 0.717) is 28.5 Å². The third-order valence-electron chi connectivity index (χ3n) is 5.79. The van der Waals surface area contributed by atoms with E-state index in [0.717, 1.165) is 5.69 Å². The van der Waals surface area contributed by atoms with Crippen LogP contribution in [0.4, 0.5) is 0 Å². The molecule has 0 aliphatic heterocycles. The monoisotopic (exact) mass is 657 g/mol. The minimum atomic E-state index is -1.23. The largest absolute Gasteiger partial charge is 2.00 e. The summed E-state index contributed by atoms with van der Waals surface area (Å²) in [5, 5.41) is 29.7. The molecule has 0 saturated heterocycles. The zero-order valence-corrected chi connectivity index (χ0v) is 24.7. The normalized spacial score (nSPS) is 9.65. The Kier molecular flexibility index (Phi) is 12.8. The van der Waals surface area contributed by atoms with Gasteiger partial charge in [0.1, 0.15) is 0 Å². The van der Waals surface area contributed by atoms with Crippen molar-refractivity contribution in [1.29, 1.82) is 0 Å². The van der Waals surface area contributed by atoms with Gasteiger partial charge in [0, 0.05) is 48.3 Å². The van der Waals surface area contributed by atoms with Crippen molar-refractivity contribution >= 4 is 17.9 Å². The number of aromatic carboxylic acids is 3. The van der Waals surface area contributed by atoms with E-state index in [-0.39, 0.29) is 33.5 Å². The number of carboxylic acid groups (broad SMARTS) is 3. The molecule has 46 heavy (non-hydrogen) atoms. The van der Waals surface area contributed by atoms with E-state index in [2.05, 4.69) is 29.9 Å². The smallest absolute Gasteiger partial charge is 0.545 e. The fourth-order valence-corrected chi connectivity index (χ4v) is 3.55. The van der Waals surface area contributed by atoms with Crippen molar-refractivity contribution in [1.82, 2.24) is 29.9 Å². The second-order valence-corrected chi connectivity index (χ2v) is 8.82. The number of carboxylic acids is 3. The van der Waals surface area contributed by atoms with Crippen molar-refractivity contribution in [2.24, 2.45) is 0 Å². The summed E-state index contributed by atoms with van der Waals surface area (Å²) in [5.74, 6) is -3.43. The minimum absolute atomic E-state index is 0. The predicted molar refractivity (Wildman–Crippen MR) is 158 cm³/mol. The zero-order chi connectivity index (χ0) is 32.0. The molecule has 0 spiro atoms. The molecule has 6 aromatic heterocycles. The van der Waals surface area contributed by atoms with Gasteiger partial charge in [-0.1, -0.05) is 18.2 Å². The summed E-state index contributed by atoms with van der Waals surface area (Å²) in [7, 11) is 0. The first-order valence-electron chi connectivity index (χ1n) is 13.1. The van der Waals surface area contributed by atoms with Gasteiger partial charge in [0.05, 0.1) is 51.7 Å². The minimum Gasteiger partial charge on any atom is -0.545 e. The summed E-state index contributed by atoms with van der Waals surface area (Å²) in [6, 6.07) is 25.7. The van der Waals surface area contributed by atoms with E-state index in [1.165, 1.54) is 36.8 Å². The Balaban J connectivity index is 0.000000186. The summed E-state index contributed by atoms with van der Waals surface area (Å²) in [4.78, 5) is 55.9. The van der Waals surface area contributed by atoms with Crippen LogP contribution in [-0.2, 0) is 16.8 Å². The van der Waals surface area contributed by atoms with Crippen molar-refractivity contribution < 1.29 is 46.5 Å². The van der Waals surface area contributed by atoms with Crippen molar-refractivity contribution in [3.8, 4) is 34.2 Å². The number of pyridine rings is 6. The van der Waals surface area contributed by atoms with Crippen LogP contribution in [0.5, 0.6) is 0 Å². The van der Waals surface area contributed by atoms with Gasteiger partial charge in [0.2, 0.25) is 0 Å². The second-order valence-electron chi connectivity index (χ2n) is 8.82. The van der Waals surface area contributed by atoms with Gasteiger partial charge >= 0.3 is 22.7 Å². The maximum Gasteiger partial charge on any atom is 2.00 e. The molecule has 1 radical (unpaired) electrons. The maximum atomic E-state index is 10.6. The number of aromatic nitrogens is 6. The Labute approximate surface area is 272 Å². The van der Waals surface area contributed by atoms with Crippen LogP contribution in [-0.4, -0.2) is 52.9 Å². The third kappa shape index (κ3) is 9.94. The van der Waals surface area contributed by atoms with Crippen molar-refractivity contribution in [3.05, 3.63) is 145 Å². The van der Waals surface area contributed by atoms with Gasteiger partial charge in [-0.3, -0.25) is 29.9 Å². The van der Waals surface area contributed by atoms with Gasteiger partial charge < -0.3 is 24.9 Å². The first-order chi connectivity index (χ1) is 21.8. The number of nitrogens with zero attached hydrogens (tertiary/aromatic N) is 6. The average molecular weight is 658 g/mol. The molecule has 6 heterocycles. The Hall–Kier alpha value is -6.18. The average Bonchev–Trinajstić information content (AvgIpc) is 3.10. The fraction of sp³-hybridized carbons (Fsp3) is 0. The zero-order valence-electron chi connectivity index (χ0n) is 23.6. The van der Waals surface area contributed by atoms with Crippen LogP contribution in [0.15, 0.2) is 128 Å². The van der Waals surface area contributed by atoms with Gasteiger partial charge in [-0.15, -0.1) is 0 Å².